The Morgan fingerprint density at radius 3 is 2.83 bits per heavy atom. The molecule has 3 nitrogen and oxygen atoms in total. The van der Waals surface area contributed by atoms with E-state index in [2.05, 4.69) is 4.98 Å². The number of rotatable bonds is 6. The van der Waals surface area contributed by atoms with Gasteiger partial charge in [-0.3, -0.25) is 0 Å². The van der Waals surface area contributed by atoms with Gasteiger partial charge in [-0.25, -0.2) is 9.37 Å². The van der Waals surface area contributed by atoms with Gasteiger partial charge in [-0.05, 0) is 25.1 Å². The molecule has 96 valence electrons. The molecule has 0 saturated heterocycles. The van der Waals surface area contributed by atoms with E-state index < -0.39 is 0 Å². The maximum absolute atomic E-state index is 13.8. The summed E-state index contributed by atoms with van der Waals surface area (Å²) in [4.78, 5) is 6.23. The Hall–Kier alpha value is -1.46. The van der Waals surface area contributed by atoms with Gasteiger partial charge < -0.3 is 10.6 Å². The summed E-state index contributed by atoms with van der Waals surface area (Å²) < 4.78 is 13.8. The third-order valence-electron chi connectivity index (χ3n) is 2.66. The molecule has 5 heteroatoms. The predicted molar refractivity (Wildman–Crippen MR) is 73.2 cm³/mol. The number of nitrogens with zero attached hydrogens (tertiary/aromatic N) is 2. The van der Waals surface area contributed by atoms with E-state index in [1.54, 1.807) is 29.0 Å². The van der Waals surface area contributed by atoms with Crippen LogP contribution in [0.4, 0.5) is 10.1 Å². The summed E-state index contributed by atoms with van der Waals surface area (Å²) in [5.74, 6) is -0.204. The third kappa shape index (κ3) is 3.27. The number of thiazole rings is 1. The van der Waals surface area contributed by atoms with Gasteiger partial charge in [0.05, 0.1) is 23.4 Å². The average molecular weight is 265 g/mol. The van der Waals surface area contributed by atoms with Crippen molar-refractivity contribution >= 4 is 17.0 Å². The SMILES string of the molecule is NCCCN(Cc1cscn1)c1ccccc1F. The molecule has 0 amide bonds. The van der Waals surface area contributed by atoms with Crippen molar-refractivity contribution in [2.24, 2.45) is 5.73 Å². The average Bonchev–Trinajstić information content (AvgIpc) is 2.88. The van der Waals surface area contributed by atoms with Crippen LogP contribution in [0.2, 0.25) is 0 Å². The minimum absolute atomic E-state index is 0.204. The second kappa shape index (κ2) is 6.47. The van der Waals surface area contributed by atoms with Crippen molar-refractivity contribution in [3.8, 4) is 0 Å². The Labute approximate surface area is 110 Å². The quantitative estimate of drug-likeness (QED) is 0.873. The van der Waals surface area contributed by atoms with E-state index in [4.69, 9.17) is 5.73 Å². The van der Waals surface area contributed by atoms with Crippen LogP contribution in [0.15, 0.2) is 35.2 Å². The highest BCUT2D eigenvalue weighted by molar-refractivity contribution is 7.07. The van der Waals surface area contributed by atoms with Crippen LogP contribution < -0.4 is 10.6 Å². The van der Waals surface area contributed by atoms with Gasteiger partial charge >= 0.3 is 0 Å². The highest BCUT2D eigenvalue weighted by Gasteiger charge is 2.12. The van der Waals surface area contributed by atoms with Crippen LogP contribution in [0, 0.1) is 5.82 Å². The molecule has 0 aliphatic rings. The van der Waals surface area contributed by atoms with Crippen molar-refractivity contribution in [3.63, 3.8) is 0 Å². The number of aromatic nitrogens is 1. The Bertz CT molecular complexity index is 473. The largest absolute Gasteiger partial charge is 0.363 e. The maximum Gasteiger partial charge on any atom is 0.146 e. The van der Waals surface area contributed by atoms with E-state index in [0.29, 0.717) is 18.8 Å². The van der Waals surface area contributed by atoms with Crippen LogP contribution >= 0.6 is 11.3 Å². The predicted octanol–water partition coefficient (Wildman–Crippen LogP) is 2.64. The van der Waals surface area contributed by atoms with Crippen molar-refractivity contribution in [2.75, 3.05) is 18.0 Å². The Morgan fingerprint density at radius 2 is 2.17 bits per heavy atom. The zero-order valence-corrected chi connectivity index (χ0v) is 10.9. The van der Waals surface area contributed by atoms with Crippen molar-refractivity contribution in [1.29, 1.82) is 0 Å². The number of hydrogen-bond donors (Lipinski definition) is 1. The Balaban J connectivity index is 2.16. The van der Waals surface area contributed by atoms with Crippen LogP contribution in [-0.2, 0) is 6.54 Å². The number of halogens is 1. The van der Waals surface area contributed by atoms with Crippen LogP contribution in [0.25, 0.3) is 0 Å². The number of nitrogens with two attached hydrogens (primary N) is 1. The van der Waals surface area contributed by atoms with Gasteiger partial charge in [-0.1, -0.05) is 12.1 Å². The van der Waals surface area contributed by atoms with E-state index >= 15 is 0 Å². The van der Waals surface area contributed by atoms with Crippen molar-refractivity contribution < 1.29 is 4.39 Å². The highest BCUT2D eigenvalue weighted by atomic mass is 32.1. The first-order chi connectivity index (χ1) is 8.81. The molecule has 0 atom stereocenters. The molecule has 1 aromatic heterocycles. The van der Waals surface area contributed by atoms with E-state index in [-0.39, 0.29) is 5.82 Å². The van der Waals surface area contributed by atoms with Crippen LogP contribution in [0.5, 0.6) is 0 Å². The fourth-order valence-corrected chi connectivity index (χ4v) is 2.34. The first kappa shape index (κ1) is 13.0. The highest BCUT2D eigenvalue weighted by Crippen LogP contribution is 2.21. The number of benzene rings is 1. The summed E-state index contributed by atoms with van der Waals surface area (Å²) in [5, 5.41) is 1.98. The number of para-hydroxylation sites is 1. The monoisotopic (exact) mass is 265 g/mol. The van der Waals surface area contributed by atoms with Gasteiger partial charge in [0.25, 0.3) is 0 Å². The normalized spacial score (nSPS) is 10.6. The molecular weight excluding hydrogens is 249 g/mol. The molecule has 0 unspecified atom stereocenters. The van der Waals surface area contributed by atoms with Crippen molar-refractivity contribution in [2.45, 2.75) is 13.0 Å². The maximum atomic E-state index is 13.8. The zero-order chi connectivity index (χ0) is 12.8. The second-order valence-corrected chi connectivity index (χ2v) is 4.71. The van der Waals surface area contributed by atoms with Gasteiger partial charge in [0.15, 0.2) is 0 Å². The molecule has 0 aliphatic carbocycles. The minimum atomic E-state index is -0.204. The fraction of sp³-hybridized carbons (Fsp3) is 0.308. The Kier molecular flexibility index (Phi) is 4.66. The van der Waals surface area contributed by atoms with Crippen LogP contribution in [-0.4, -0.2) is 18.1 Å². The Morgan fingerprint density at radius 1 is 1.33 bits per heavy atom. The fourth-order valence-electron chi connectivity index (χ4n) is 1.79. The van der Waals surface area contributed by atoms with E-state index in [1.165, 1.54) is 6.07 Å². The van der Waals surface area contributed by atoms with Gasteiger partial charge in [0, 0.05) is 11.9 Å². The van der Waals surface area contributed by atoms with Crippen molar-refractivity contribution in [1.82, 2.24) is 4.98 Å². The molecule has 2 aromatic rings. The summed E-state index contributed by atoms with van der Waals surface area (Å²) in [6.07, 6.45) is 0.832. The van der Waals surface area contributed by atoms with E-state index in [1.807, 2.05) is 16.3 Å². The number of hydrogen-bond acceptors (Lipinski definition) is 4. The molecule has 0 spiro atoms. The van der Waals surface area contributed by atoms with Crippen molar-refractivity contribution in [3.05, 3.63) is 46.7 Å². The standard InChI is InChI=1S/C13H16FN3S/c14-12-4-1-2-5-13(12)17(7-3-6-15)8-11-9-18-10-16-11/h1-2,4-5,9-10H,3,6-8,15H2. The molecule has 0 aliphatic heterocycles. The molecule has 0 radical (unpaired) electrons. The van der Waals surface area contributed by atoms with Crippen LogP contribution in [0.3, 0.4) is 0 Å². The number of anilines is 1. The molecule has 0 saturated carbocycles. The molecule has 18 heavy (non-hydrogen) atoms. The van der Waals surface area contributed by atoms with E-state index in [9.17, 15) is 4.39 Å². The lowest BCUT2D eigenvalue weighted by Crippen LogP contribution is -2.26. The van der Waals surface area contributed by atoms with E-state index in [0.717, 1.165) is 18.7 Å². The smallest absolute Gasteiger partial charge is 0.146 e. The minimum Gasteiger partial charge on any atom is -0.363 e. The van der Waals surface area contributed by atoms with Gasteiger partial charge in [0.2, 0.25) is 0 Å². The topological polar surface area (TPSA) is 42.1 Å². The zero-order valence-electron chi connectivity index (χ0n) is 10.1. The lowest BCUT2D eigenvalue weighted by molar-refractivity contribution is 0.611. The molecule has 0 bridgehead atoms. The third-order valence-corrected chi connectivity index (χ3v) is 3.30. The summed E-state index contributed by atoms with van der Waals surface area (Å²) in [6, 6.07) is 6.81. The van der Waals surface area contributed by atoms with Gasteiger partial charge in [0.1, 0.15) is 5.82 Å². The molecule has 1 heterocycles. The molecule has 1 aromatic carbocycles. The molecular formula is C13H16FN3S. The summed E-state index contributed by atoms with van der Waals surface area (Å²) in [7, 11) is 0. The lowest BCUT2D eigenvalue weighted by Gasteiger charge is -2.24. The lowest BCUT2D eigenvalue weighted by atomic mass is 10.2. The second-order valence-electron chi connectivity index (χ2n) is 3.99. The summed E-state index contributed by atoms with van der Waals surface area (Å²) in [6.45, 7) is 1.95. The summed E-state index contributed by atoms with van der Waals surface area (Å²) >= 11 is 1.55. The molecule has 2 rings (SSSR count). The summed E-state index contributed by atoms with van der Waals surface area (Å²) in [5.41, 5.74) is 8.89. The molecule has 2 N–H and O–H groups in total. The first-order valence-corrected chi connectivity index (χ1v) is 6.82. The van der Waals surface area contributed by atoms with Gasteiger partial charge in [-0.15, -0.1) is 11.3 Å². The van der Waals surface area contributed by atoms with Crippen LogP contribution in [0.1, 0.15) is 12.1 Å². The molecule has 0 fully saturated rings. The van der Waals surface area contributed by atoms with Gasteiger partial charge in [-0.2, -0.15) is 0 Å². The first-order valence-electron chi connectivity index (χ1n) is 5.88.